The Labute approximate surface area is 123 Å². The normalized spacial score (nSPS) is 10.4. The number of thioether (sulfide) groups is 1. The van der Waals surface area contributed by atoms with Gasteiger partial charge in [-0.25, -0.2) is 4.98 Å². The summed E-state index contributed by atoms with van der Waals surface area (Å²) in [7, 11) is 1.60. The second-order valence-corrected chi connectivity index (χ2v) is 6.67. The number of hydrogen-bond acceptors (Lipinski definition) is 6. The molecular weight excluding hydrogens is 300 g/mol. The van der Waals surface area contributed by atoms with Crippen molar-refractivity contribution in [1.82, 2.24) is 10.3 Å². The number of aromatic nitrogens is 1. The zero-order chi connectivity index (χ0) is 13.7. The molecule has 0 aliphatic rings. The van der Waals surface area contributed by atoms with Crippen molar-refractivity contribution in [2.75, 3.05) is 12.8 Å². The molecule has 0 aliphatic heterocycles. The van der Waals surface area contributed by atoms with Crippen molar-refractivity contribution in [2.24, 2.45) is 0 Å². The smallest absolute Gasteiger partial charge is 0.225 e. The fourth-order valence-corrected chi connectivity index (χ4v) is 3.81. The van der Waals surface area contributed by atoms with Gasteiger partial charge in [-0.2, -0.15) is 0 Å². The number of carbonyl (C=O) groups is 2. The first-order chi connectivity index (χ1) is 9.19. The van der Waals surface area contributed by atoms with Gasteiger partial charge in [0, 0.05) is 12.4 Å². The van der Waals surface area contributed by atoms with E-state index >= 15 is 0 Å². The predicted molar refractivity (Wildman–Crippen MR) is 79.3 cm³/mol. The number of thiazole rings is 1. The molecule has 0 unspecified atom stereocenters. The van der Waals surface area contributed by atoms with Gasteiger partial charge in [0.15, 0.2) is 10.1 Å². The van der Waals surface area contributed by atoms with Gasteiger partial charge in [0.25, 0.3) is 0 Å². The number of Topliss-reactive ketones (excluding diaryl/α,β-unsaturated/α-hetero) is 1. The van der Waals surface area contributed by atoms with Gasteiger partial charge in [-0.15, -0.1) is 22.7 Å². The average molecular weight is 312 g/mol. The third-order valence-corrected chi connectivity index (χ3v) is 5.25. The van der Waals surface area contributed by atoms with E-state index in [1.54, 1.807) is 7.05 Å². The molecule has 0 radical (unpaired) electrons. The van der Waals surface area contributed by atoms with Crippen LogP contribution in [0.3, 0.4) is 0 Å². The minimum atomic E-state index is -0.0588. The van der Waals surface area contributed by atoms with Crippen LogP contribution in [0.15, 0.2) is 27.2 Å². The lowest BCUT2D eigenvalue weighted by atomic mass is 10.3. The first-order valence-electron chi connectivity index (χ1n) is 5.53. The third-order valence-electron chi connectivity index (χ3n) is 2.27. The van der Waals surface area contributed by atoms with E-state index in [9.17, 15) is 9.59 Å². The maximum atomic E-state index is 11.8. The Morgan fingerprint density at radius 2 is 2.26 bits per heavy atom. The number of ketones is 1. The lowest BCUT2D eigenvalue weighted by Crippen LogP contribution is -2.20. The molecule has 0 aliphatic carbocycles. The van der Waals surface area contributed by atoms with Crippen LogP contribution in [-0.2, 0) is 11.2 Å². The summed E-state index contributed by atoms with van der Waals surface area (Å²) in [5.41, 5.74) is 0.746. The second-order valence-electron chi connectivity index (χ2n) is 3.64. The van der Waals surface area contributed by atoms with Gasteiger partial charge in [0.05, 0.1) is 22.7 Å². The van der Waals surface area contributed by atoms with Crippen molar-refractivity contribution in [2.45, 2.75) is 10.8 Å². The van der Waals surface area contributed by atoms with Crippen LogP contribution in [0.1, 0.15) is 15.4 Å². The highest BCUT2D eigenvalue weighted by molar-refractivity contribution is 8.01. The third kappa shape index (κ3) is 4.15. The molecule has 0 spiro atoms. The van der Waals surface area contributed by atoms with Gasteiger partial charge >= 0.3 is 0 Å². The SMILES string of the molecule is CNC(=O)Cc1csc(SCC(=O)c2cccs2)n1. The number of rotatable bonds is 6. The minimum absolute atomic E-state index is 0.0588. The van der Waals surface area contributed by atoms with Crippen molar-refractivity contribution in [1.29, 1.82) is 0 Å². The van der Waals surface area contributed by atoms with E-state index in [0.29, 0.717) is 5.75 Å². The fourth-order valence-electron chi connectivity index (χ4n) is 1.32. The molecule has 0 bridgehead atoms. The highest BCUT2D eigenvalue weighted by atomic mass is 32.2. The van der Waals surface area contributed by atoms with Crippen molar-refractivity contribution in [3.8, 4) is 0 Å². The first-order valence-corrected chi connectivity index (χ1v) is 8.28. The predicted octanol–water partition coefficient (Wildman–Crippen LogP) is 2.47. The summed E-state index contributed by atoms with van der Waals surface area (Å²) in [5.74, 6) is 0.438. The molecule has 4 nitrogen and oxygen atoms in total. The molecule has 1 amide bonds. The van der Waals surface area contributed by atoms with E-state index in [0.717, 1.165) is 14.9 Å². The lowest BCUT2D eigenvalue weighted by Gasteiger charge is -1.96. The van der Waals surface area contributed by atoms with Gasteiger partial charge in [0.2, 0.25) is 5.91 Å². The number of nitrogens with zero attached hydrogens (tertiary/aromatic N) is 1. The number of carbonyl (C=O) groups excluding carboxylic acids is 2. The topological polar surface area (TPSA) is 59.1 Å². The molecule has 100 valence electrons. The maximum absolute atomic E-state index is 11.8. The van der Waals surface area contributed by atoms with E-state index in [-0.39, 0.29) is 18.1 Å². The molecular formula is C12H12N2O2S3. The quantitative estimate of drug-likeness (QED) is 0.657. The first kappa shape index (κ1) is 14.2. The van der Waals surface area contributed by atoms with Gasteiger partial charge in [-0.1, -0.05) is 17.8 Å². The number of hydrogen-bond donors (Lipinski definition) is 1. The molecule has 2 aromatic rings. The van der Waals surface area contributed by atoms with E-state index in [4.69, 9.17) is 0 Å². The summed E-state index contributed by atoms with van der Waals surface area (Å²) in [6, 6.07) is 3.69. The molecule has 1 N–H and O–H groups in total. The summed E-state index contributed by atoms with van der Waals surface area (Å²) in [6.45, 7) is 0. The van der Waals surface area contributed by atoms with Gasteiger partial charge in [-0.05, 0) is 11.4 Å². The summed E-state index contributed by atoms with van der Waals surface area (Å²) >= 11 is 4.33. The van der Waals surface area contributed by atoms with Crippen molar-refractivity contribution >= 4 is 46.1 Å². The van der Waals surface area contributed by atoms with Crippen LogP contribution in [0.2, 0.25) is 0 Å². The van der Waals surface area contributed by atoms with Crippen LogP contribution in [0, 0.1) is 0 Å². The number of nitrogens with one attached hydrogen (secondary N) is 1. The number of thiophene rings is 1. The van der Waals surface area contributed by atoms with Crippen LogP contribution < -0.4 is 5.32 Å². The number of likely N-dealkylation sites (N-methyl/N-ethyl adjacent to an activating group) is 1. The van der Waals surface area contributed by atoms with Crippen molar-refractivity contribution in [3.63, 3.8) is 0 Å². The Hall–Kier alpha value is -1.18. The molecule has 0 saturated carbocycles. The molecule has 0 fully saturated rings. The van der Waals surface area contributed by atoms with Crippen LogP contribution in [0.25, 0.3) is 0 Å². The van der Waals surface area contributed by atoms with E-state index in [2.05, 4.69) is 10.3 Å². The van der Waals surface area contributed by atoms with Crippen LogP contribution in [0.4, 0.5) is 0 Å². The van der Waals surface area contributed by atoms with Gasteiger partial charge in [0.1, 0.15) is 0 Å². The van der Waals surface area contributed by atoms with Gasteiger partial charge < -0.3 is 5.32 Å². The fraction of sp³-hybridized carbons (Fsp3) is 0.250. The maximum Gasteiger partial charge on any atom is 0.225 e. The molecule has 2 rings (SSSR count). The van der Waals surface area contributed by atoms with Crippen LogP contribution >= 0.6 is 34.4 Å². The van der Waals surface area contributed by atoms with Crippen LogP contribution in [0.5, 0.6) is 0 Å². The Kier molecular flexibility index (Phi) is 5.12. The Bertz CT molecular complexity index is 563. The standard InChI is InChI=1S/C12H12N2O2S3/c1-13-11(16)5-8-6-18-12(14-8)19-7-9(15)10-3-2-4-17-10/h2-4,6H,5,7H2,1H3,(H,13,16). The highest BCUT2D eigenvalue weighted by Crippen LogP contribution is 2.24. The molecule has 0 atom stereocenters. The molecule has 19 heavy (non-hydrogen) atoms. The zero-order valence-corrected chi connectivity index (χ0v) is 12.7. The van der Waals surface area contributed by atoms with Crippen LogP contribution in [-0.4, -0.2) is 29.5 Å². The second kappa shape index (κ2) is 6.83. The molecule has 7 heteroatoms. The average Bonchev–Trinajstić information content (AvgIpc) is 3.07. The molecule has 0 aromatic carbocycles. The Morgan fingerprint density at radius 1 is 1.42 bits per heavy atom. The zero-order valence-electron chi connectivity index (χ0n) is 10.2. The lowest BCUT2D eigenvalue weighted by molar-refractivity contribution is -0.120. The van der Waals surface area contributed by atoms with Crippen molar-refractivity contribution in [3.05, 3.63) is 33.5 Å². The van der Waals surface area contributed by atoms with Crippen molar-refractivity contribution < 1.29 is 9.59 Å². The molecule has 2 aromatic heterocycles. The van der Waals surface area contributed by atoms with Gasteiger partial charge in [-0.3, -0.25) is 9.59 Å². The molecule has 2 heterocycles. The summed E-state index contributed by atoms with van der Waals surface area (Å²) < 4.78 is 0.823. The number of amides is 1. The molecule has 0 saturated heterocycles. The monoisotopic (exact) mass is 312 g/mol. The summed E-state index contributed by atoms with van der Waals surface area (Å²) in [5, 5.41) is 6.30. The minimum Gasteiger partial charge on any atom is -0.359 e. The highest BCUT2D eigenvalue weighted by Gasteiger charge is 2.10. The Balaban J connectivity index is 1.87. The van der Waals surface area contributed by atoms with E-state index < -0.39 is 0 Å². The largest absolute Gasteiger partial charge is 0.359 e. The van der Waals surface area contributed by atoms with E-state index in [1.165, 1.54) is 34.4 Å². The summed E-state index contributed by atoms with van der Waals surface area (Å²) in [4.78, 5) is 28.1. The Morgan fingerprint density at radius 3 is 2.95 bits per heavy atom. The summed E-state index contributed by atoms with van der Waals surface area (Å²) in [6.07, 6.45) is 0.284. The van der Waals surface area contributed by atoms with E-state index in [1.807, 2.05) is 22.9 Å².